The number of carbonyl (C=O) groups excluding carboxylic acids is 1. The fourth-order valence-electron chi connectivity index (χ4n) is 1.86. The molecule has 0 saturated heterocycles. The molecule has 0 unspecified atom stereocenters. The van der Waals surface area contributed by atoms with Gasteiger partial charge in [0, 0.05) is 17.8 Å². The van der Waals surface area contributed by atoms with Crippen molar-refractivity contribution in [3.05, 3.63) is 30.1 Å². The zero-order chi connectivity index (χ0) is 15.2. The number of benzene rings is 1. The maximum atomic E-state index is 13.0. The van der Waals surface area contributed by atoms with Gasteiger partial charge in [0.25, 0.3) is 0 Å². The van der Waals surface area contributed by atoms with Crippen LogP contribution in [0.5, 0.6) is 0 Å². The largest absolute Gasteiger partial charge is 0.362 e. The highest BCUT2D eigenvalue weighted by atomic mass is 19.1. The minimum atomic E-state index is -0.285. The van der Waals surface area contributed by atoms with Crippen molar-refractivity contribution >= 4 is 11.6 Å². The van der Waals surface area contributed by atoms with Crippen LogP contribution in [0.4, 0.5) is 10.1 Å². The molecule has 1 rings (SSSR count). The number of carbonyl (C=O) groups is 1. The topological polar surface area (TPSA) is 58.4 Å². The van der Waals surface area contributed by atoms with Gasteiger partial charge < -0.3 is 16.0 Å². The fraction of sp³-hybridized carbons (Fsp3) is 0.533. The Bertz CT molecular complexity index is 426. The van der Waals surface area contributed by atoms with Gasteiger partial charge in [0.15, 0.2) is 0 Å². The molecular formula is C15H24FN3O. The summed E-state index contributed by atoms with van der Waals surface area (Å²) < 4.78 is 13.0. The summed E-state index contributed by atoms with van der Waals surface area (Å²) in [5.41, 5.74) is 6.08. The van der Waals surface area contributed by atoms with Crippen LogP contribution in [-0.2, 0) is 4.79 Å². The van der Waals surface area contributed by atoms with Gasteiger partial charge in [-0.05, 0) is 58.0 Å². The molecule has 0 aromatic heterocycles. The first-order valence-corrected chi connectivity index (χ1v) is 6.83. The van der Waals surface area contributed by atoms with Gasteiger partial charge in [-0.3, -0.25) is 4.79 Å². The molecule has 1 aromatic rings. The van der Waals surface area contributed by atoms with Gasteiger partial charge >= 0.3 is 0 Å². The molecule has 4 nitrogen and oxygen atoms in total. The Kier molecular flexibility index (Phi) is 5.95. The van der Waals surface area contributed by atoms with Crippen LogP contribution < -0.4 is 16.0 Å². The first-order chi connectivity index (χ1) is 9.31. The van der Waals surface area contributed by atoms with Crippen LogP contribution in [0, 0.1) is 5.82 Å². The lowest BCUT2D eigenvalue weighted by molar-refractivity contribution is -0.121. The van der Waals surface area contributed by atoms with Crippen LogP contribution in [0.2, 0.25) is 0 Å². The van der Waals surface area contributed by atoms with Crippen molar-refractivity contribution in [2.45, 2.75) is 32.7 Å². The molecular weight excluding hydrogens is 257 g/mol. The number of halogens is 1. The Morgan fingerprint density at radius 1 is 1.30 bits per heavy atom. The van der Waals surface area contributed by atoms with Crippen LogP contribution in [-0.4, -0.2) is 31.1 Å². The Hall–Kier alpha value is -1.62. The standard InChI is InChI=1S/C15H24FN3O/c1-15(2,3)18-14(20)11-19(10-4-9-17)13-7-5-12(16)6-8-13/h5-8H,4,9-11,17H2,1-3H3,(H,18,20). The molecule has 0 radical (unpaired) electrons. The third kappa shape index (κ3) is 6.02. The van der Waals surface area contributed by atoms with E-state index in [4.69, 9.17) is 5.73 Å². The molecule has 0 heterocycles. The van der Waals surface area contributed by atoms with Crippen LogP contribution in [0.3, 0.4) is 0 Å². The zero-order valence-corrected chi connectivity index (χ0v) is 12.4. The minimum absolute atomic E-state index is 0.0566. The second kappa shape index (κ2) is 7.24. The summed E-state index contributed by atoms with van der Waals surface area (Å²) in [6.45, 7) is 7.27. The smallest absolute Gasteiger partial charge is 0.239 e. The molecule has 0 aliphatic carbocycles. The quantitative estimate of drug-likeness (QED) is 0.837. The molecule has 1 aromatic carbocycles. The minimum Gasteiger partial charge on any atom is -0.362 e. The predicted octanol–water partition coefficient (Wildman–Crippen LogP) is 1.90. The van der Waals surface area contributed by atoms with Gasteiger partial charge in [-0.15, -0.1) is 0 Å². The fourth-order valence-corrected chi connectivity index (χ4v) is 1.86. The summed E-state index contributed by atoms with van der Waals surface area (Å²) >= 11 is 0. The second-order valence-corrected chi connectivity index (χ2v) is 5.84. The van der Waals surface area contributed by atoms with Crippen LogP contribution in [0.25, 0.3) is 0 Å². The Labute approximate surface area is 120 Å². The van der Waals surface area contributed by atoms with Gasteiger partial charge in [0.1, 0.15) is 5.82 Å². The Balaban J connectivity index is 2.74. The SMILES string of the molecule is CC(C)(C)NC(=O)CN(CCCN)c1ccc(F)cc1. The van der Waals surface area contributed by atoms with Gasteiger partial charge in [0.05, 0.1) is 6.54 Å². The average Bonchev–Trinajstić information content (AvgIpc) is 2.33. The number of nitrogens with two attached hydrogens (primary N) is 1. The highest BCUT2D eigenvalue weighted by molar-refractivity contribution is 5.81. The van der Waals surface area contributed by atoms with Crippen molar-refractivity contribution in [1.29, 1.82) is 0 Å². The lowest BCUT2D eigenvalue weighted by Gasteiger charge is -2.27. The van der Waals surface area contributed by atoms with Crippen molar-refractivity contribution in [2.75, 3.05) is 24.5 Å². The van der Waals surface area contributed by atoms with E-state index in [1.165, 1.54) is 12.1 Å². The summed E-state index contributed by atoms with van der Waals surface area (Å²) in [4.78, 5) is 13.9. The lowest BCUT2D eigenvalue weighted by Crippen LogP contribution is -2.46. The molecule has 0 saturated carbocycles. The van der Waals surface area contributed by atoms with Gasteiger partial charge in [0.2, 0.25) is 5.91 Å². The molecule has 3 N–H and O–H groups in total. The highest BCUT2D eigenvalue weighted by Gasteiger charge is 2.17. The normalized spacial score (nSPS) is 11.2. The molecule has 0 fully saturated rings. The molecule has 0 aliphatic heterocycles. The van der Waals surface area contributed by atoms with Crippen molar-refractivity contribution in [3.63, 3.8) is 0 Å². The van der Waals surface area contributed by atoms with Gasteiger partial charge in [-0.1, -0.05) is 0 Å². The van der Waals surface area contributed by atoms with E-state index in [-0.39, 0.29) is 23.8 Å². The summed E-state index contributed by atoms with van der Waals surface area (Å²) in [5, 5.41) is 2.92. The molecule has 20 heavy (non-hydrogen) atoms. The number of rotatable bonds is 6. The van der Waals surface area contributed by atoms with E-state index in [9.17, 15) is 9.18 Å². The molecule has 0 spiro atoms. The summed E-state index contributed by atoms with van der Waals surface area (Å²) in [6, 6.07) is 6.14. The molecule has 0 atom stereocenters. The molecule has 5 heteroatoms. The maximum Gasteiger partial charge on any atom is 0.239 e. The average molecular weight is 281 g/mol. The first kappa shape index (κ1) is 16.4. The molecule has 1 amide bonds. The van der Waals surface area contributed by atoms with E-state index in [0.717, 1.165) is 12.1 Å². The van der Waals surface area contributed by atoms with E-state index in [1.54, 1.807) is 12.1 Å². The zero-order valence-electron chi connectivity index (χ0n) is 12.4. The van der Waals surface area contributed by atoms with E-state index >= 15 is 0 Å². The Morgan fingerprint density at radius 2 is 1.90 bits per heavy atom. The molecule has 0 aliphatic rings. The molecule has 112 valence electrons. The predicted molar refractivity (Wildman–Crippen MR) is 80.2 cm³/mol. The maximum absolute atomic E-state index is 13.0. The summed E-state index contributed by atoms with van der Waals surface area (Å²) in [6.07, 6.45) is 0.778. The summed E-state index contributed by atoms with van der Waals surface area (Å²) in [7, 11) is 0. The first-order valence-electron chi connectivity index (χ1n) is 6.83. The monoisotopic (exact) mass is 281 g/mol. The number of nitrogens with zero attached hydrogens (tertiary/aromatic N) is 1. The lowest BCUT2D eigenvalue weighted by atomic mass is 10.1. The second-order valence-electron chi connectivity index (χ2n) is 5.84. The summed E-state index contributed by atoms with van der Waals surface area (Å²) in [5.74, 6) is -0.342. The van der Waals surface area contributed by atoms with Gasteiger partial charge in [-0.2, -0.15) is 0 Å². The van der Waals surface area contributed by atoms with E-state index < -0.39 is 0 Å². The third-order valence-corrected chi connectivity index (χ3v) is 2.67. The van der Waals surface area contributed by atoms with Crippen LogP contribution in [0.15, 0.2) is 24.3 Å². The number of hydrogen-bond acceptors (Lipinski definition) is 3. The third-order valence-electron chi connectivity index (χ3n) is 2.67. The number of anilines is 1. The van der Waals surface area contributed by atoms with E-state index in [2.05, 4.69) is 5.32 Å². The van der Waals surface area contributed by atoms with E-state index in [0.29, 0.717) is 13.1 Å². The van der Waals surface area contributed by atoms with Crippen LogP contribution in [0.1, 0.15) is 27.2 Å². The van der Waals surface area contributed by atoms with Crippen molar-refractivity contribution in [2.24, 2.45) is 5.73 Å². The van der Waals surface area contributed by atoms with Crippen LogP contribution >= 0.6 is 0 Å². The number of nitrogens with one attached hydrogen (secondary N) is 1. The van der Waals surface area contributed by atoms with Crippen molar-refractivity contribution in [3.8, 4) is 0 Å². The molecule has 0 bridgehead atoms. The van der Waals surface area contributed by atoms with Gasteiger partial charge in [-0.25, -0.2) is 4.39 Å². The number of hydrogen-bond donors (Lipinski definition) is 2. The highest BCUT2D eigenvalue weighted by Crippen LogP contribution is 2.15. The van der Waals surface area contributed by atoms with E-state index in [1.807, 2.05) is 25.7 Å². The van der Waals surface area contributed by atoms with Crippen molar-refractivity contribution < 1.29 is 9.18 Å². The Morgan fingerprint density at radius 3 is 2.40 bits per heavy atom. The number of amides is 1. The van der Waals surface area contributed by atoms with Crippen molar-refractivity contribution in [1.82, 2.24) is 5.32 Å².